The molecule has 0 unspecified atom stereocenters. The summed E-state index contributed by atoms with van der Waals surface area (Å²) in [6, 6.07) is 12.7. The third kappa shape index (κ3) is 5.11. The zero-order valence-electron chi connectivity index (χ0n) is 21.6. The molecule has 8 nitrogen and oxygen atoms in total. The fourth-order valence-electron chi connectivity index (χ4n) is 4.84. The van der Waals surface area contributed by atoms with Crippen LogP contribution >= 0.6 is 0 Å². The van der Waals surface area contributed by atoms with Gasteiger partial charge in [-0.05, 0) is 74.1 Å². The number of nitro groups is 1. The number of carboxylic acid groups (broad SMARTS) is 1. The van der Waals surface area contributed by atoms with E-state index in [1.165, 1.54) is 0 Å². The van der Waals surface area contributed by atoms with E-state index < -0.39 is 22.6 Å². The minimum absolute atomic E-state index is 0.126. The van der Waals surface area contributed by atoms with Crippen LogP contribution in [0, 0.1) is 17.0 Å². The number of carbonyl (C=O) groups is 1. The summed E-state index contributed by atoms with van der Waals surface area (Å²) in [6.07, 6.45) is 2.94. The summed E-state index contributed by atoms with van der Waals surface area (Å²) in [6.45, 7) is 7.42. The molecule has 0 fully saturated rings. The standard InChI is InChI=1S/C29H30N2O6/c1-17-24(27(28(32)33)37-29(2,3)4)25(20-8-6-7-9-21(20)26(17)31(34)35)19-10-11-23-22(16-19)18(12-14-30-5)13-15-36-23/h6-12,14,16,27H,13,15H2,1-5H3,(H,32,33)/b18-12-,30-14?/t27-/m0/s1. The van der Waals surface area contributed by atoms with E-state index in [4.69, 9.17) is 9.47 Å². The Hall–Kier alpha value is -4.04. The van der Waals surface area contributed by atoms with Crippen molar-refractivity contribution in [3.63, 3.8) is 0 Å². The van der Waals surface area contributed by atoms with Gasteiger partial charge in [0.1, 0.15) is 5.75 Å². The van der Waals surface area contributed by atoms with Gasteiger partial charge in [0.05, 0.1) is 22.5 Å². The monoisotopic (exact) mass is 502 g/mol. The Morgan fingerprint density at radius 2 is 1.92 bits per heavy atom. The number of fused-ring (bicyclic) bond motifs is 2. The number of nitrogens with zero attached hydrogens (tertiary/aromatic N) is 2. The number of aliphatic imine (C=N–C) groups is 1. The second-order valence-electron chi connectivity index (χ2n) is 9.92. The molecule has 1 aliphatic heterocycles. The Morgan fingerprint density at radius 1 is 1.22 bits per heavy atom. The first-order valence-electron chi connectivity index (χ1n) is 12.0. The van der Waals surface area contributed by atoms with E-state index in [1.54, 1.807) is 65.2 Å². The molecule has 3 aromatic carbocycles. The van der Waals surface area contributed by atoms with Gasteiger partial charge < -0.3 is 14.6 Å². The van der Waals surface area contributed by atoms with Crippen LogP contribution in [0.25, 0.3) is 27.5 Å². The number of nitro benzene ring substituents is 1. The van der Waals surface area contributed by atoms with Gasteiger partial charge in [0.15, 0.2) is 6.10 Å². The van der Waals surface area contributed by atoms with Gasteiger partial charge in [-0.2, -0.15) is 0 Å². The maximum Gasteiger partial charge on any atom is 0.337 e. The van der Waals surface area contributed by atoms with Crippen LogP contribution in [0.3, 0.4) is 0 Å². The quantitative estimate of drug-likeness (QED) is 0.233. The van der Waals surface area contributed by atoms with Gasteiger partial charge in [-0.3, -0.25) is 15.1 Å². The van der Waals surface area contributed by atoms with Crippen LogP contribution in [0.15, 0.2) is 53.5 Å². The first-order chi connectivity index (χ1) is 17.5. The minimum atomic E-state index is -1.42. The molecule has 0 spiro atoms. The van der Waals surface area contributed by atoms with Crippen molar-refractivity contribution in [2.75, 3.05) is 13.7 Å². The molecule has 1 heterocycles. The molecule has 0 aromatic heterocycles. The number of rotatable bonds is 6. The number of hydrogen-bond donors (Lipinski definition) is 1. The van der Waals surface area contributed by atoms with Gasteiger partial charge >= 0.3 is 5.97 Å². The average molecular weight is 503 g/mol. The van der Waals surface area contributed by atoms with Crippen LogP contribution in [0.2, 0.25) is 0 Å². The first kappa shape index (κ1) is 26.0. The normalized spacial score (nSPS) is 15.5. The van der Waals surface area contributed by atoms with Crippen molar-refractivity contribution >= 4 is 34.2 Å². The molecule has 1 atom stereocenters. The summed E-state index contributed by atoms with van der Waals surface area (Å²) in [4.78, 5) is 28.4. The first-order valence-corrected chi connectivity index (χ1v) is 12.0. The summed E-state index contributed by atoms with van der Waals surface area (Å²) in [7, 11) is 1.70. The van der Waals surface area contributed by atoms with E-state index in [-0.39, 0.29) is 16.8 Å². The molecule has 0 radical (unpaired) electrons. The van der Waals surface area contributed by atoms with Crippen molar-refractivity contribution in [2.24, 2.45) is 4.99 Å². The third-order valence-corrected chi connectivity index (χ3v) is 6.29. The van der Waals surface area contributed by atoms with E-state index in [1.807, 2.05) is 24.3 Å². The minimum Gasteiger partial charge on any atom is -0.493 e. The lowest BCUT2D eigenvalue weighted by Gasteiger charge is -2.29. The summed E-state index contributed by atoms with van der Waals surface area (Å²) in [5.41, 5.74) is 2.82. The predicted molar refractivity (Wildman–Crippen MR) is 144 cm³/mol. The van der Waals surface area contributed by atoms with Crippen LogP contribution in [-0.2, 0) is 9.53 Å². The molecule has 0 bridgehead atoms. The fraction of sp³-hybridized carbons (Fsp3) is 0.310. The van der Waals surface area contributed by atoms with Crippen LogP contribution in [0.4, 0.5) is 5.69 Å². The zero-order chi connectivity index (χ0) is 26.9. The molecule has 4 rings (SSSR count). The van der Waals surface area contributed by atoms with E-state index in [9.17, 15) is 20.0 Å². The SMILES string of the molecule is CN=C/C=C1/CCOc2ccc(-c3c([C@H](OC(C)(C)C)C(=O)O)c(C)c([N+](=O)[O-])c4ccccc34)cc21. The van der Waals surface area contributed by atoms with Crippen molar-refractivity contribution in [1.82, 2.24) is 0 Å². The highest BCUT2D eigenvalue weighted by molar-refractivity contribution is 6.06. The van der Waals surface area contributed by atoms with Crippen LogP contribution in [0.5, 0.6) is 5.75 Å². The van der Waals surface area contributed by atoms with Gasteiger partial charge in [-0.1, -0.05) is 24.3 Å². The highest BCUT2D eigenvalue weighted by Gasteiger charge is 2.35. The lowest BCUT2D eigenvalue weighted by molar-refractivity contribution is -0.383. The van der Waals surface area contributed by atoms with Gasteiger partial charge in [0, 0.05) is 36.4 Å². The van der Waals surface area contributed by atoms with Gasteiger partial charge in [-0.25, -0.2) is 4.79 Å². The highest BCUT2D eigenvalue weighted by Crippen LogP contribution is 2.46. The summed E-state index contributed by atoms with van der Waals surface area (Å²) < 4.78 is 11.9. The van der Waals surface area contributed by atoms with Crippen molar-refractivity contribution in [1.29, 1.82) is 0 Å². The summed E-state index contributed by atoms with van der Waals surface area (Å²) in [5.74, 6) is -0.499. The third-order valence-electron chi connectivity index (χ3n) is 6.29. The Bertz CT molecular complexity index is 1450. The van der Waals surface area contributed by atoms with Crippen LogP contribution < -0.4 is 4.74 Å². The van der Waals surface area contributed by atoms with Crippen LogP contribution in [0.1, 0.15) is 50.0 Å². The molecule has 192 valence electrons. The van der Waals surface area contributed by atoms with E-state index in [0.717, 1.165) is 22.4 Å². The molecular formula is C29H30N2O6. The topological polar surface area (TPSA) is 111 Å². The second kappa shape index (κ2) is 10.1. The lowest BCUT2D eigenvalue weighted by atomic mass is 9.84. The molecule has 1 aliphatic rings. The highest BCUT2D eigenvalue weighted by atomic mass is 16.6. The maximum absolute atomic E-state index is 12.6. The van der Waals surface area contributed by atoms with E-state index >= 15 is 0 Å². The van der Waals surface area contributed by atoms with Crippen molar-refractivity contribution < 1.29 is 24.3 Å². The maximum atomic E-state index is 12.6. The number of carboxylic acids is 1. The molecule has 0 saturated carbocycles. The number of aliphatic carboxylic acids is 1. The Kier molecular flexibility index (Phi) is 7.14. The predicted octanol–water partition coefficient (Wildman–Crippen LogP) is 6.53. The molecule has 0 saturated heterocycles. The average Bonchev–Trinajstić information content (AvgIpc) is 2.84. The fourth-order valence-corrected chi connectivity index (χ4v) is 4.84. The zero-order valence-corrected chi connectivity index (χ0v) is 21.6. The summed E-state index contributed by atoms with van der Waals surface area (Å²) in [5, 5.41) is 23.5. The molecular weight excluding hydrogens is 472 g/mol. The Balaban J connectivity index is 2.12. The van der Waals surface area contributed by atoms with Gasteiger partial charge in [0.25, 0.3) is 5.69 Å². The molecule has 0 aliphatic carbocycles. The van der Waals surface area contributed by atoms with E-state index in [0.29, 0.717) is 29.4 Å². The van der Waals surface area contributed by atoms with E-state index in [2.05, 4.69) is 4.99 Å². The second-order valence-corrected chi connectivity index (χ2v) is 9.92. The van der Waals surface area contributed by atoms with Crippen LogP contribution in [-0.4, -0.2) is 41.5 Å². The molecule has 0 amide bonds. The number of benzene rings is 3. The van der Waals surface area contributed by atoms with Crippen molar-refractivity contribution in [3.8, 4) is 16.9 Å². The number of allylic oxidation sites excluding steroid dienone is 1. The molecule has 3 aromatic rings. The Morgan fingerprint density at radius 3 is 2.54 bits per heavy atom. The summed E-state index contributed by atoms with van der Waals surface area (Å²) >= 11 is 0. The molecule has 37 heavy (non-hydrogen) atoms. The molecule has 1 N–H and O–H groups in total. The Labute approximate surface area is 215 Å². The number of ether oxygens (including phenoxy) is 2. The smallest absolute Gasteiger partial charge is 0.337 e. The van der Waals surface area contributed by atoms with Crippen molar-refractivity contribution in [2.45, 2.75) is 45.8 Å². The van der Waals surface area contributed by atoms with Crippen molar-refractivity contribution in [3.05, 3.63) is 75.3 Å². The van der Waals surface area contributed by atoms with Gasteiger partial charge in [0.2, 0.25) is 0 Å². The molecule has 8 heteroatoms. The largest absolute Gasteiger partial charge is 0.493 e. The van der Waals surface area contributed by atoms with Gasteiger partial charge in [-0.15, -0.1) is 0 Å². The number of hydrogen-bond acceptors (Lipinski definition) is 6. The lowest BCUT2D eigenvalue weighted by Crippen LogP contribution is -2.28.